The van der Waals surface area contributed by atoms with Crippen molar-refractivity contribution in [3.05, 3.63) is 77.8 Å². The Kier molecular flexibility index (Phi) is 6.09. The van der Waals surface area contributed by atoms with E-state index in [1.165, 1.54) is 11.1 Å². The van der Waals surface area contributed by atoms with Crippen LogP contribution in [0, 0.1) is 6.92 Å². The van der Waals surface area contributed by atoms with E-state index >= 15 is 0 Å². The molecule has 0 fully saturated rings. The van der Waals surface area contributed by atoms with E-state index in [9.17, 15) is 0 Å². The fraction of sp³-hybridized carbons (Fsp3) is 0.300. The molecule has 1 aromatic carbocycles. The molecule has 0 unspecified atom stereocenters. The third kappa shape index (κ3) is 4.99. The molecule has 0 bridgehead atoms. The average molecular weight is 351 g/mol. The third-order valence-electron chi connectivity index (χ3n) is 4.04. The van der Waals surface area contributed by atoms with E-state index in [0.717, 1.165) is 30.6 Å². The van der Waals surface area contributed by atoms with Crippen molar-refractivity contribution in [2.75, 3.05) is 6.54 Å². The smallest absolute Gasteiger partial charge is 0.191 e. The summed E-state index contributed by atoms with van der Waals surface area (Å²) in [6.45, 7) is 6.92. The minimum Gasteiger partial charge on any atom is -0.467 e. The normalized spacial score (nSPS) is 11.5. The number of benzene rings is 1. The number of aryl methyl sites for hydroxylation is 1. The summed E-state index contributed by atoms with van der Waals surface area (Å²) >= 11 is 0. The van der Waals surface area contributed by atoms with E-state index in [1.807, 2.05) is 31.5 Å². The summed E-state index contributed by atoms with van der Waals surface area (Å²) in [6, 6.07) is 12.3. The number of aromatic nitrogens is 2. The van der Waals surface area contributed by atoms with Crippen molar-refractivity contribution in [2.24, 2.45) is 4.99 Å². The molecule has 0 radical (unpaired) electrons. The van der Waals surface area contributed by atoms with Gasteiger partial charge >= 0.3 is 0 Å². The maximum atomic E-state index is 5.35. The standard InChI is InChI=1S/C20H25N5O/c1-3-21-20(24-14-19-8-5-11-26-19)23-13-17-6-4-7-18(12-17)15-25-10-9-22-16(25)2/h4-12H,3,13-15H2,1-2H3,(H2,21,23,24). The summed E-state index contributed by atoms with van der Waals surface area (Å²) in [7, 11) is 0. The first-order valence-electron chi connectivity index (χ1n) is 8.84. The second-order valence-corrected chi connectivity index (χ2v) is 6.05. The Morgan fingerprint density at radius 2 is 2.08 bits per heavy atom. The molecule has 0 aliphatic heterocycles. The summed E-state index contributed by atoms with van der Waals surface area (Å²) < 4.78 is 7.48. The number of imidazole rings is 1. The van der Waals surface area contributed by atoms with E-state index in [2.05, 4.69) is 56.4 Å². The maximum Gasteiger partial charge on any atom is 0.191 e. The molecule has 0 atom stereocenters. The number of guanidine groups is 1. The molecule has 3 rings (SSSR count). The zero-order valence-electron chi connectivity index (χ0n) is 15.3. The van der Waals surface area contributed by atoms with Crippen LogP contribution >= 0.6 is 0 Å². The number of nitrogens with zero attached hydrogens (tertiary/aromatic N) is 3. The molecule has 0 saturated carbocycles. The second-order valence-electron chi connectivity index (χ2n) is 6.05. The van der Waals surface area contributed by atoms with Gasteiger partial charge in [-0.15, -0.1) is 0 Å². The Hall–Kier alpha value is -3.02. The minimum atomic E-state index is 0.610. The summed E-state index contributed by atoms with van der Waals surface area (Å²) in [5, 5.41) is 6.54. The average Bonchev–Trinajstić information content (AvgIpc) is 3.30. The first-order valence-corrected chi connectivity index (χ1v) is 8.84. The molecule has 136 valence electrons. The van der Waals surface area contributed by atoms with Crippen LogP contribution in [0.3, 0.4) is 0 Å². The van der Waals surface area contributed by atoms with Crippen molar-refractivity contribution in [2.45, 2.75) is 33.5 Å². The molecule has 2 heterocycles. The van der Waals surface area contributed by atoms with Crippen LogP contribution < -0.4 is 10.6 Å². The van der Waals surface area contributed by atoms with Crippen molar-refractivity contribution < 1.29 is 4.42 Å². The fourth-order valence-electron chi connectivity index (χ4n) is 2.69. The Morgan fingerprint density at radius 3 is 2.81 bits per heavy atom. The lowest BCUT2D eigenvalue weighted by Crippen LogP contribution is -2.36. The molecule has 3 aromatic rings. The van der Waals surface area contributed by atoms with Gasteiger partial charge in [0.1, 0.15) is 11.6 Å². The van der Waals surface area contributed by atoms with Crippen LogP contribution in [0.25, 0.3) is 0 Å². The quantitative estimate of drug-likeness (QED) is 0.507. The van der Waals surface area contributed by atoms with Crippen LogP contribution in [0.5, 0.6) is 0 Å². The van der Waals surface area contributed by atoms with Gasteiger partial charge < -0.3 is 19.6 Å². The van der Waals surface area contributed by atoms with E-state index < -0.39 is 0 Å². The van der Waals surface area contributed by atoms with Gasteiger partial charge in [-0.3, -0.25) is 0 Å². The molecule has 0 aliphatic rings. The number of nitrogens with one attached hydrogen (secondary N) is 2. The topological polar surface area (TPSA) is 67.4 Å². The lowest BCUT2D eigenvalue weighted by molar-refractivity contribution is 0.501. The second kappa shape index (κ2) is 8.89. The highest BCUT2D eigenvalue weighted by Gasteiger charge is 2.02. The van der Waals surface area contributed by atoms with Crippen LogP contribution in [0.1, 0.15) is 29.6 Å². The van der Waals surface area contributed by atoms with Crippen molar-refractivity contribution in [3.63, 3.8) is 0 Å². The van der Waals surface area contributed by atoms with E-state index in [0.29, 0.717) is 13.1 Å². The zero-order valence-corrected chi connectivity index (χ0v) is 15.3. The Balaban J connectivity index is 1.63. The van der Waals surface area contributed by atoms with Gasteiger partial charge in [-0.05, 0) is 37.1 Å². The lowest BCUT2D eigenvalue weighted by atomic mass is 10.1. The number of aliphatic imine (C=N–C) groups is 1. The van der Waals surface area contributed by atoms with Gasteiger partial charge in [0.15, 0.2) is 5.96 Å². The molecular weight excluding hydrogens is 326 g/mol. The van der Waals surface area contributed by atoms with Crippen molar-refractivity contribution in [1.29, 1.82) is 0 Å². The predicted molar refractivity (Wildman–Crippen MR) is 103 cm³/mol. The predicted octanol–water partition coefficient (Wildman–Crippen LogP) is 3.09. The Labute approximate surface area is 154 Å². The van der Waals surface area contributed by atoms with Crippen LogP contribution in [0.15, 0.2) is 64.5 Å². The zero-order chi connectivity index (χ0) is 18.2. The SMILES string of the molecule is CCNC(=NCc1cccc(Cn2ccnc2C)c1)NCc1ccco1. The lowest BCUT2D eigenvalue weighted by Gasteiger charge is -2.11. The molecule has 6 heteroatoms. The Bertz CT molecular complexity index is 836. The number of furan rings is 1. The van der Waals surface area contributed by atoms with Gasteiger partial charge in [-0.2, -0.15) is 0 Å². The third-order valence-corrected chi connectivity index (χ3v) is 4.04. The van der Waals surface area contributed by atoms with E-state index in [1.54, 1.807) is 6.26 Å². The van der Waals surface area contributed by atoms with Crippen molar-refractivity contribution in [1.82, 2.24) is 20.2 Å². The largest absolute Gasteiger partial charge is 0.467 e. The van der Waals surface area contributed by atoms with Crippen LogP contribution in [0.2, 0.25) is 0 Å². The van der Waals surface area contributed by atoms with Crippen LogP contribution in [-0.2, 0) is 19.6 Å². The molecule has 6 nitrogen and oxygen atoms in total. The number of hydrogen-bond donors (Lipinski definition) is 2. The first kappa shape index (κ1) is 17.8. The first-order chi connectivity index (χ1) is 12.7. The van der Waals surface area contributed by atoms with Crippen molar-refractivity contribution >= 4 is 5.96 Å². The molecular formula is C20H25N5O. The summed E-state index contributed by atoms with van der Waals surface area (Å²) in [5.74, 6) is 2.68. The minimum absolute atomic E-state index is 0.610. The molecule has 0 spiro atoms. The molecule has 0 amide bonds. The van der Waals surface area contributed by atoms with E-state index in [-0.39, 0.29) is 0 Å². The van der Waals surface area contributed by atoms with Crippen LogP contribution in [0.4, 0.5) is 0 Å². The molecule has 0 aliphatic carbocycles. The fourth-order valence-corrected chi connectivity index (χ4v) is 2.69. The molecule has 26 heavy (non-hydrogen) atoms. The van der Waals surface area contributed by atoms with Gasteiger partial charge in [0.05, 0.1) is 19.4 Å². The highest BCUT2D eigenvalue weighted by Crippen LogP contribution is 2.10. The van der Waals surface area contributed by atoms with Gasteiger partial charge in [-0.25, -0.2) is 9.98 Å². The summed E-state index contributed by atoms with van der Waals surface area (Å²) in [5.41, 5.74) is 2.42. The highest BCUT2D eigenvalue weighted by molar-refractivity contribution is 5.79. The van der Waals surface area contributed by atoms with Gasteiger partial charge in [0, 0.05) is 25.5 Å². The highest BCUT2D eigenvalue weighted by atomic mass is 16.3. The van der Waals surface area contributed by atoms with E-state index in [4.69, 9.17) is 4.42 Å². The summed E-state index contributed by atoms with van der Waals surface area (Å²) in [6.07, 6.45) is 5.51. The van der Waals surface area contributed by atoms with Crippen LogP contribution in [-0.4, -0.2) is 22.1 Å². The summed E-state index contributed by atoms with van der Waals surface area (Å²) in [4.78, 5) is 8.95. The van der Waals surface area contributed by atoms with Gasteiger partial charge in [-0.1, -0.05) is 24.3 Å². The number of hydrogen-bond acceptors (Lipinski definition) is 3. The maximum absolute atomic E-state index is 5.35. The molecule has 2 aromatic heterocycles. The molecule has 2 N–H and O–H groups in total. The van der Waals surface area contributed by atoms with Gasteiger partial charge in [0.2, 0.25) is 0 Å². The molecule has 0 saturated heterocycles. The Morgan fingerprint density at radius 1 is 1.19 bits per heavy atom. The van der Waals surface area contributed by atoms with Gasteiger partial charge in [0.25, 0.3) is 0 Å². The number of rotatable bonds is 7. The van der Waals surface area contributed by atoms with Crippen molar-refractivity contribution in [3.8, 4) is 0 Å². The monoisotopic (exact) mass is 351 g/mol.